The summed E-state index contributed by atoms with van der Waals surface area (Å²) in [5.74, 6) is -0.230. The molecule has 2 aromatic carbocycles. The van der Waals surface area contributed by atoms with Crippen molar-refractivity contribution in [2.75, 3.05) is 24.3 Å². The summed E-state index contributed by atoms with van der Waals surface area (Å²) in [6.07, 6.45) is 9.67. The zero-order chi connectivity index (χ0) is 29.1. The molecule has 1 aliphatic rings. The highest BCUT2D eigenvalue weighted by Crippen LogP contribution is 2.30. The predicted molar refractivity (Wildman–Crippen MR) is 164 cm³/mol. The molecule has 9 heteroatoms. The van der Waals surface area contributed by atoms with Gasteiger partial charge in [-0.1, -0.05) is 69.4 Å². The molecule has 1 atom stereocenters. The fraction of sp³-hybridized carbons (Fsp3) is 0.548. The van der Waals surface area contributed by atoms with Crippen molar-refractivity contribution in [3.05, 3.63) is 59.2 Å². The van der Waals surface area contributed by atoms with Gasteiger partial charge in [0, 0.05) is 18.7 Å². The topological polar surface area (TPSA) is 104 Å². The maximum Gasteiger partial charge on any atom is 0.326 e. The summed E-state index contributed by atoms with van der Waals surface area (Å²) in [4.78, 5) is 25.2. The molecule has 0 heterocycles. The van der Waals surface area contributed by atoms with Gasteiger partial charge in [0.25, 0.3) is 5.91 Å². The van der Waals surface area contributed by atoms with Crippen molar-refractivity contribution in [2.45, 2.75) is 77.8 Å². The van der Waals surface area contributed by atoms with E-state index in [1.54, 1.807) is 16.4 Å². The Morgan fingerprint density at radius 1 is 1.10 bits per heavy atom. The summed E-state index contributed by atoms with van der Waals surface area (Å²) in [6, 6.07) is 12.1. The first-order valence-electron chi connectivity index (χ1n) is 14.4. The molecule has 7 nitrogen and oxygen atoms in total. The van der Waals surface area contributed by atoms with Crippen molar-refractivity contribution >= 4 is 33.7 Å². The van der Waals surface area contributed by atoms with Crippen LogP contribution in [0.4, 0.5) is 0 Å². The number of sulfonamides is 1. The second kappa shape index (κ2) is 15.6. The number of carbonyl (C=O) groups excluding carboxylic acids is 1. The summed E-state index contributed by atoms with van der Waals surface area (Å²) in [7, 11) is -3.43. The lowest BCUT2D eigenvalue weighted by Crippen LogP contribution is -2.41. The molecule has 40 heavy (non-hydrogen) atoms. The average molecular weight is 589 g/mol. The molecule has 1 fully saturated rings. The Morgan fingerprint density at radius 3 is 2.48 bits per heavy atom. The molecule has 220 valence electrons. The molecular weight excluding hydrogens is 544 g/mol. The smallest absolute Gasteiger partial charge is 0.326 e. The lowest BCUT2D eigenvalue weighted by Gasteiger charge is -2.27. The number of aliphatic carboxylic acids is 1. The van der Waals surface area contributed by atoms with Gasteiger partial charge in [-0.15, -0.1) is 0 Å². The third kappa shape index (κ3) is 9.08. The van der Waals surface area contributed by atoms with Crippen molar-refractivity contribution < 1.29 is 23.1 Å². The number of benzene rings is 2. The molecule has 0 spiro atoms. The summed E-state index contributed by atoms with van der Waals surface area (Å²) in [6.45, 7) is 4.57. The van der Waals surface area contributed by atoms with Crippen LogP contribution in [0.25, 0.3) is 11.1 Å². The normalized spacial score (nSPS) is 15.2. The number of hydrogen-bond donors (Lipinski definition) is 2. The van der Waals surface area contributed by atoms with Crippen LogP contribution in [0.1, 0.15) is 79.8 Å². The Balaban J connectivity index is 1.94. The first-order chi connectivity index (χ1) is 19.2. The largest absolute Gasteiger partial charge is 0.480 e. The third-order valence-corrected chi connectivity index (χ3v) is 10.4. The number of nitrogens with one attached hydrogen (secondary N) is 1. The molecule has 0 aliphatic heterocycles. The van der Waals surface area contributed by atoms with Gasteiger partial charge in [0.15, 0.2) is 0 Å². The molecule has 1 unspecified atom stereocenters. The molecule has 0 saturated heterocycles. The first kappa shape index (κ1) is 32.2. The van der Waals surface area contributed by atoms with Crippen LogP contribution in [0, 0.1) is 12.8 Å². The highest BCUT2D eigenvalue weighted by molar-refractivity contribution is 7.98. The molecule has 2 aromatic rings. The fourth-order valence-corrected chi connectivity index (χ4v) is 7.40. The van der Waals surface area contributed by atoms with Crippen LogP contribution < -0.4 is 5.32 Å². The standard InChI is InChI=1S/C31H44N2O5S2/c1-4-20-40(37,38)33(18-16-24-11-6-5-7-12-24)22-25-14-15-27(28(21-25)26-13-9-8-10-23(26)2)30(34)32-29(31(35)36)17-19-39-3/h8-10,13-15,21,24,29H,4-7,11-12,16-20,22H2,1-3H3,(H,32,34)(H,35,36). The minimum Gasteiger partial charge on any atom is -0.480 e. The van der Waals surface area contributed by atoms with E-state index in [2.05, 4.69) is 5.32 Å². The van der Waals surface area contributed by atoms with Crippen LogP contribution >= 0.6 is 11.8 Å². The van der Waals surface area contributed by atoms with Crippen molar-refractivity contribution in [1.29, 1.82) is 0 Å². The Labute approximate surface area is 244 Å². The second-order valence-corrected chi connectivity index (χ2v) is 13.9. The predicted octanol–water partition coefficient (Wildman–Crippen LogP) is 6.11. The van der Waals surface area contributed by atoms with Crippen molar-refractivity contribution in [1.82, 2.24) is 9.62 Å². The van der Waals surface area contributed by atoms with Gasteiger partial charge in [-0.2, -0.15) is 16.1 Å². The highest BCUT2D eigenvalue weighted by atomic mass is 32.2. The number of carbonyl (C=O) groups is 2. The van der Waals surface area contributed by atoms with Crippen LogP contribution in [0.3, 0.4) is 0 Å². The van der Waals surface area contributed by atoms with Gasteiger partial charge in [-0.3, -0.25) is 4.79 Å². The van der Waals surface area contributed by atoms with Crippen LogP contribution in [0.15, 0.2) is 42.5 Å². The molecule has 0 bridgehead atoms. The van der Waals surface area contributed by atoms with Gasteiger partial charge in [-0.05, 0) is 78.5 Å². The van der Waals surface area contributed by atoms with E-state index in [0.717, 1.165) is 36.0 Å². The van der Waals surface area contributed by atoms with E-state index in [-0.39, 0.29) is 12.3 Å². The number of rotatable bonds is 15. The van der Waals surface area contributed by atoms with E-state index in [1.807, 2.05) is 50.4 Å². The fourth-order valence-electron chi connectivity index (χ4n) is 5.42. The van der Waals surface area contributed by atoms with E-state index in [9.17, 15) is 23.1 Å². The average Bonchev–Trinajstić information content (AvgIpc) is 2.93. The number of nitrogens with zero attached hydrogens (tertiary/aromatic N) is 1. The van der Waals surface area contributed by atoms with Crippen LogP contribution in [-0.4, -0.2) is 60.1 Å². The Bertz CT molecular complexity index is 1240. The minimum absolute atomic E-state index is 0.107. The Morgan fingerprint density at radius 2 is 1.82 bits per heavy atom. The van der Waals surface area contributed by atoms with Crippen LogP contribution in [-0.2, 0) is 21.4 Å². The molecule has 1 aliphatic carbocycles. The van der Waals surface area contributed by atoms with E-state index in [1.165, 1.54) is 31.0 Å². The van der Waals surface area contributed by atoms with E-state index >= 15 is 0 Å². The SMILES string of the molecule is CCCS(=O)(=O)N(CCC1CCCCC1)Cc1ccc(C(=O)NC(CCSC)C(=O)O)c(-c2ccccc2C)c1. The number of hydrogen-bond acceptors (Lipinski definition) is 5. The first-order valence-corrected chi connectivity index (χ1v) is 17.4. The third-order valence-electron chi connectivity index (χ3n) is 7.70. The molecule has 1 saturated carbocycles. The quantitative estimate of drug-likeness (QED) is 0.260. The molecule has 2 N–H and O–H groups in total. The maximum absolute atomic E-state index is 13.4. The number of carboxylic acid groups (broad SMARTS) is 1. The zero-order valence-electron chi connectivity index (χ0n) is 24.0. The maximum atomic E-state index is 13.4. The summed E-state index contributed by atoms with van der Waals surface area (Å²) < 4.78 is 28.2. The number of carboxylic acids is 1. The summed E-state index contributed by atoms with van der Waals surface area (Å²) in [5, 5.41) is 12.3. The molecular formula is C31H44N2O5S2. The van der Waals surface area contributed by atoms with Gasteiger partial charge < -0.3 is 10.4 Å². The number of aryl methyl sites for hydroxylation is 1. The van der Waals surface area contributed by atoms with Crippen molar-refractivity contribution in [3.63, 3.8) is 0 Å². The van der Waals surface area contributed by atoms with Crippen LogP contribution in [0.2, 0.25) is 0 Å². The molecule has 0 aromatic heterocycles. The highest BCUT2D eigenvalue weighted by Gasteiger charge is 2.26. The molecule has 1 amide bonds. The van der Waals surface area contributed by atoms with Gasteiger partial charge in [0.2, 0.25) is 10.0 Å². The molecule has 0 radical (unpaired) electrons. The monoisotopic (exact) mass is 588 g/mol. The Kier molecular flexibility index (Phi) is 12.5. The molecule has 3 rings (SSSR count). The van der Waals surface area contributed by atoms with Gasteiger partial charge >= 0.3 is 5.97 Å². The second-order valence-electron chi connectivity index (χ2n) is 10.8. The van der Waals surface area contributed by atoms with E-state index in [4.69, 9.17) is 0 Å². The van der Waals surface area contributed by atoms with Crippen LogP contribution in [0.5, 0.6) is 0 Å². The Hall–Kier alpha value is -2.36. The van der Waals surface area contributed by atoms with Gasteiger partial charge in [-0.25, -0.2) is 13.2 Å². The number of thioether (sulfide) groups is 1. The van der Waals surface area contributed by atoms with Crippen molar-refractivity contribution in [2.24, 2.45) is 5.92 Å². The van der Waals surface area contributed by atoms with E-state index < -0.39 is 27.9 Å². The lowest BCUT2D eigenvalue weighted by molar-refractivity contribution is -0.139. The van der Waals surface area contributed by atoms with Crippen molar-refractivity contribution in [3.8, 4) is 11.1 Å². The lowest BCUT2D eigenvalue weighted by atomic mass is 9.87. The minimum atomic E-state index is -3.43. The summed E-state index contributed by atoms with van der Waals surface area (Å²) in [5.41, 5.74) is 3.67. The van der Waals surface area contributed by atoms with E-state index in [0.29, 0.717) is 42.2 Å². The van der Waals surface area contributed by atoms with Gasteiger partial charge in [0.1, 0.15) is 6.04 Å². The number of amides is 1. The zero-order valence-corrected chi connectivity index (χ0v) is 25.7. The van der Waals surface area contributed by atoms with Gasteiger partial charge in [0.05, 0.1) is 5.75 Å². The summed E-state index contributed by atoms with van der Waals surface area (Å²) >= 11 is 1.53.